The van der Waals surface area contributed by atoms with E-state index in [0.29, 0.717) is 17.5 Å². The molecule has 1 aliphatic rings. The van der Waals surface area contributed by atoms with Gasteiger partial charge in [0.2, 0.25) is 0 Å². The molecule has 0 aliphatic carbocycles. The topological polar surface area (TPSA) is 52.6 Å². The summed E-state index contributed by atoms with van der Waals surface area (Å²) >= 11 is 1.43. The molecule has 1 aromatic heterocycles. The number of amides is 1. The maximum Gasteiger partial charge on any atom is 0.252 e. The highest BCUT2D eigenvalue weighted by atomic mass is 32.1. The number of aliphatic hydroxyl groups excluding tert-OH is 1. The molecule has 4 nitrogen and oxygen atoms in total. The first-order valence-electron chi connectivity index (χ1n) is 7.30. The molecule has 0 spiro atoms. The lowest BCUT2D eigenvalue weighted by Gasteiger charge is -2.20. The van der Waals surface area contributed by atoms with Gasteiger partial charge in [0, 0.05) is 24.5 Å². The van der Waals surface area contributed by atoms with E-state index in [9.17, 15) is 4.79 Å². The van der Waals surface area contributed by atoms with Crippen molar-refractivity contribution in [3.05, 3.63) is 21.9 Å². The van der Waals surface area contributed by atoms with Crippen LogP contribution in [0.3, 0.4) is 0 Å². The second kappa shape index (κ2) is 7.60. The van der Waals surface area contributed by atoms with Gasteiger partial charge in [-0.2, -0.15) is 0 Å². The van der Waals surface area contributed by atoms with Crippen molar-refractivity contribution in [2.24, 2.45) is 5.92 Å². The zero-order chi connectivity index (χ0) is 15.2. The van der Waals surface area contributed by atoms with Gasteiger partial charge in [0.1, 0.15) is 6.61 Å². The van der Waals surface area contributed by atoms with Gasteiger partial charge in [0.25, 0.3) is 5.91 Å². The van der Waals surface area contributed by atoms with Crippen LogP contribution in [0.2, 0.25) is 0 Å². The van der Waals surface area contributed by atoms with Gasteiger partial charge in [-0.1, -0.05) is 11.8 Å². The number of carbonyl (C=O) groups is 1. The largest absolute Gasteiger partial charge is 0.384 e. The van der Waals surface area contributed by atoms with E-state index in [1.54, 1.807) is 6.07 Å². The molecule has 1 aliphatic heterocycles. The highest BCUT2D eigenvalue weighted by Gasteiger charge is 2.24. The minimum Gasteiger partial charge on any atom is -0.384 e. The van der Waals surface area contributed by atoms with Crippen molar-refractivity contribution in [3.63, 3.8) is 0 Å². The summed E-state index contributed by atoms with van der Waals surface area (Å²) in [6.07, 6.45) is 1.15. The average Bonchev–Trinajstić information content (AvgIpc) is 3.11. The van der Waals surface area contributed by atoms with Gasteiger partial charge in [0.05, 0.1) is 10.4 Å². The van der Waals surface area contributed by atoms with Gasteiger partial charge in [-0.05, 0) is 38.8 Å². The molecule has 1 unspecified atom stereocenters. The summed E-state index contributed by atoms with van der Waals surface area (Å²) < 4.78 is 0. The van der Waals surface area contributed by atoms with Gasteiger partial charge < -0.3 is 15.3 Å². The van der Waals surface area contributed by atoms with E-state index in [0.717, 1.165) is 30.9 Å². The predicted molar refractivity (Wildman–Crippen MR) is 85.4 cm³/mol. The monoisotopic (exact) mass is 306 g/mol. The van der Waals surface area contributed by atoms with Gasteiger partial charge >= 0.3 is 0 Å². The summed E-state index contributed by atoms with van der Waals surface area (Å²) in [6.45, 7) is 7.18. The minimum atomic E-state index is -0.159. The van der Waals surface area contributed by atoms with Crippen molar-refractivity contribution in [2.45, 2.75) is 26.3 Å². The summed E-state index contributed by atoms with van der Waals surface area (Å²) in [6, 6.07) is 2.35. The molecule has 1 saturated heterocycles. The van der Waals surface area contributed by atoms with E-state index in [2.05, 4.69) is 35.9 Å². The van der Waals surface area contributed by atoms with Crippen molar-refractivity contribution in [2.75, 3.05) is 26.2 Å². The van der Waals surface area contributed by atoms with Gasteiger partial charge in [-0.3, -0.25) is 4.79 Å². The normalized spacial score (nSPS) is 18.6. The minimum absolute atomic E-state index is 0.0358. The number of likely N-dealkylation sites (tertiary alicyclic amines) is 1. The highest BCUT2D eigenvalue weighted by Crippen LogP contribution is 2.18. The van der Waals surface area contributed by atoms with Gasteiger partial charge in [-0.25, -0.2) is 0 Å². The van der Waals surface area contributed by atoms with Crippen LogP contribution in [0.1, 0.15) is 35.5 Å². The number of aliphatic hydroxyl groups is 1. The zero-order valence-corrected chi connectivity index (χ0v) is 13.4. The van der Waals surface area contributed by atoms with Crippen molar-refractivity contribution < 1.29 is 9.90 Å². The molecular weight excluding hydrogens is 284 g/mol. The average molecular weight is 306 g/mol. The number of hydrogen-bond donors (Lipinski definition) is 2. The summed E-state index contributed by atoms with van der Waals surface area (Å²) in [5.41, 5.74) is 0.654. The molecule has 1 fully saturated rings. The third kappa shape index (κ3) is 4.57. The third-order valence-corrected chi connectivity index (χ3v) is 4.60. The molecule has 2 N–H and O–H groups in total. The summed E-state index contributed by atoms with van der Waals surface area (Å²) in [4.78, 5) is 15.3. The molecule has 5 heteroatoms. The number of nitrogens with zero attached hydrogens (tertiary/aromatic N) is 1. The molecule has 0 bridgehead atoms. The fourth-order valence-corrected chi connectivity index (χ4v) is 3.24. The Balaban J connectivity index is 1.81. The van der Waals surface area contributed by atoms with Crippen molar-refractivity contribution >= 4 is 17.2 Å². The van der Waals surface area contributed by atoms with Crippen molar-refractivity contribution in [3.8, 4) is 11.8 Å². The van der Waals surface area contributed by atoms with Crippen LogP contribution in [0, 0.1) is 17.8 Å². The Hall–Kier alpha value is -1.35. The Labute approximate surface area is 130 Å². The van der Waals surface area contributed by atoms with E-state index in [4.69, 9.17) is 5.11 Å². The maximum absolute atomic E-state index is 12.1. The number of rotatable bonds is 4. The lowest BCUT2D eigenvalue weighted by atomic mass is 10.1. The Morgan fingerprint density at radius 1 is 1.62 bits per heavy atom. The second-order valence-corrected chi connectivity index (χ2v) is 6.52. The van der Waals surface area contributed by atoms with Crippen LogP contribution >= 0.6 is 11.3 Å². The molecule has 0 aromatic carbocycles. The standard InChI is InChI=1S/C16H22N2O2S/c1-12(2)18-6-5-13(10-18)9-17-16(20)14-8-15(21-11-14)4-3-7-19/h8,11-13,19H,5-7,9-10H2,1-2H3,(H,17,20). The van der Waals surface area contributed by atoms with Crippen LogP contribution in [-0.2, 0) is 0 Å². The van der Waals surface area contributed by atoms with Crippen LogP contribution in [0.25, 0.3) is 0 Å². The quantitative estimate of drug-likeness (QED) is 0.830. The van der Waals surface area contributed by atoms with Crippen LogP contribution in [0.4, 0.5) is 0 Å². The lowest BCUT2D eigenvalue weighted by Crippen LogP contribution is -2.32. The number of hydrogen-bond acceptors (Lipinski definition) is 4. The lowest BCUT2D eigenvalue weighted by molar-refractivity contribution is 0.0947. The van der Waals surface area contributed by atoms with Gasteiger partial charge in [0.15, 0.2) is 0 Å². The molecular formula is C16H22N2O2S. The maximum atomic E-state index is 12.1. The molecule has 1 aromatic rings. The fraction of sp³-hybridized carbons (Fsp3) is 0.562. The summed E-state index contributed by atoms with van der Waals surface area (Å²) in [7, 11) is 0. The van der Waals surface area contributed by atoms with Crippen molar-refractivity contribution in [1.82, 2.24) is 10.2 Å². The number of thiophene rings is 1. The molecule has 1 amide bonds. The van der Waals surface area contributed by atoms with E-state index >= 15 is 0 Å². The predicted octanol–water partition coefficient (Wildman–Crippen LogP) is 1.55. The molecule has 21 heavy (non-hydrogen) atoms. The fourth-order valence-electron chi connectivity index (χ4n) is 2.48. The van der Waals surface area contributed by atoms with Crippen molar-refractivity contribution in [1.29, 1.82) is 0 Å². The van der Waals surface area contributed by atoms with Crippen LogP contribution in [0.15, 0.2) is 11.4 Å². The van der Waals surface area contributed by atoms with Gasteiger partial charge in [-0.15, -0.1) is 11.3 Å². The first-order valence-corrected chi connectivity index (χ1v) is 8.18. The Morgan fingerprint density at radius 3 is 3.10 bits per heavy atom. The summed E-state index contributed by atoms with van der Waals surface area (Å²) in [5.74, 6) is 5.91. The SMILES string of the molecule is CC(C)N1CCC(CNC(=O)c2csc(C#CCO)c2)C1. The molecule has 2 rings (SSSR count). The molecule has 2 heterocycles. The first-order chi connectivity index (χ1) is 10.1. The Bertz CT molecular complexity index is 542. The number of nitrogens with one attached hydrogen (secondary N) is 1. The van der Waals surface area contributed by atoms with E-state index in [1.807, 2.05) is 5.38 Å². The Kier molecular flexibility index (Phi) is 5.80. The second-order valence-electron chi connectivity index (χ2n) is 5.61. The smallest absolute Gasteiger partial charge is 0.252 e. The molecule has 114 valence electrons. The van der Waals surface area contributed by atoms with Crippen LogP contribution < -0.4 is 5.32 Å². The van der Waals surface area contributed by atoms with Crippen LogP contribution in [-0.4, -0.2) is 48.2 Å². The molecule has 0 saturated carbocycles. The Morgan fingerprint density at radius 2 is 2.43 bits per heavy atom. The highest BCUT2D eigenvalue weighted by molar-refractivity contribution is 7.10. The summed E-state index contributed by atoms with van der Waals surface area (Å²) in [5, 5.41) is 13.5. The number of carbonyl (C=O) groups excluding carboxylic acids is 1. The molecule has 0 radical (unpaired) electrons. The zero-order valence-electron chi connectivity index (χ0n) is 12.6. The first kappa shape index (κ1) is 16.0. The van der Waals surface area contributed by atoms with E-state index in [-0.39, 0.29) is 12.5 Å². The van der Waals surface area contributed by atoms with E-state index < -0.39 is 0 Å². The third-order valence-electron chi connectivity index (χ3n) is 3.75. The van der Waals surface area contributed by atoms with E-state index in [1.165, 1.54) is 11.3 Å². The molecule has 1 atom stereocenters. The van der Waals surface area contributed by atoms with Crippen LogP contribution in [0.5, 0.6) is 0 Å².